The molecule has 2 aromatic carbocycles. The van der Waals surface area contributed by atoms with Gasteiger partial charge in [-0.25, -0.2) is 0 Å². The number of aryl methyl sites for hydroxylation is 1. The molecule has 0 saturated carbocycles. The molecule has 3 aromatic rings. The van der Waals surface area contributed by atoms with Crippen LogP contribution in [0.2, 0.25) is 0 Å². The van der Waals surface area contributed by atoms with E-state index in [2.05, 4.69) is 118 Å². The molecule has 0 radical (unpaired) electrons. The SMILES string of the molecule is Cc1nnc(-c2ccc(N3c4ccccc4C4=CC=CCC43C)cc2)n1C1C=CC=CC1. The van der Waals surface area contributed by atoms with Crippen molar-refractivity contribution in [1.82, 2.24) is 14.8 Å². The van der Waals surface area contributed by atoms with Gasteiger partial charge in [0.25, 0.3) is 0 Å². The molecular formula is C28H26N4. The number of hydrogen-bond acceptors (Lipinski definition) is 3. The summed E-state index contributed by atoms with van der Waals surface area (Å²) in [6.07, 6.45) is 17.3. The number of allylic oxidation sites excluding steroid dienone is 6. The van der Waals surface area contributed by atoms with Crippen LogP contribution in [0, 0.1) is 6.92 Å². The standard InChI is InChI=1S/C28H26N4/c1-20-29-30-27(31(20)22-10-4-3-5-11-22)21-15-17-23(18-16-21)32-26-14-7-6-12-24(26)25-13-8-9-19-28(25,32)2/h3-10,12-18,22H,11,19H2,1-2H3. The highest BCUT2D eigenvalue weighted by atomic mass is 15.3. The summed E-state index contributed by atoms with van der Waals surface area (Å²) in [6.45, 7) is 4.38. The summed E-state index contributed by atoms with van der Waals surface area (Å²) in [5, 5.41) is 8.92. The van der Waals surface area contributed by atoms with Crippen LogP contribution >= 0.6 is 0 Å². The molecule has 0 bridgehead atoms. The Morgan fingerprint density at radius 1 is 0.938 bits per heavy atom. The van der Waals surface area contributed by atoms with Crippen molar-refractivity contribution in [2.75, 3.05) is 4.90 Å². The highest BCUT2D eigenvalue weighted by Gasteiger charge is 2.44. The van der Waals surface area contributed by atoms with E-state index in [1.165, 1.54) is 22.5 Å². The quantitative estimate of drug-likeness (QED) is 0.483. The zero-order valence-corrected chi connectivity index (χ0v) is 18.4. The van der Waals surface area contributed by atoms with E-state index in [-0.39, 0.29) is 11.6 Å². The van der Waals surface area contributed by atoms with Crippen LogP contribution in [0.3, 0.4) is 0 Å². The molecule has 0 N–H and O–H groups in total. The average Bonchev–Trinajstić information content (AvgIpc) is 3.34. The molecule has 2 atom stereocenters. The molecule has 32 heavy (non-hydrogen) atoms. The molecule has 4 heteroatoms. The van der Waals surface area contributed by atoms with Crippen LogP contribution in [-0.2, 0) is 0 Å². The number of nitrogens with zero attached hydrogens (tertiary/aromatic N) is 4. The van der Waals surface area contributed by atoms with Crippen molar-refractivity contribution in [1.29, 1.82) is 0 Å². The summed E-state index contributed by atoms with van der Waals surface area (Å²) in [5.74, 6) is 1.87. The third kappa shape index (κ3) is 2.76. The summed E-state index contributed by atoms with van der Waals surface area (Å²) in [5.41, 5.74) is 6.22. The van der Waals surface area contributed by atoms with Gasteiger partial charge in [0.05, 0.1) is 11.6 Å². The van der Waals surface area contributed by atoms with Gasteiger partial charge in [0.2, 0.25) is 0 Å². The van der Waals surface area contributed by atoms with Gasteiger partial charge in [0, 0.05) is 22.5 Å². The molecule has 1 aromatic heterocycles. The molecule has 2 aliphatic carbocycles. The normalized spacial score (nSPS) is 23.2. The average molecular weight is 419 g/mol. The number of anilines is 2. The first kappa shape index (κ1) is 19.1. The van der Waals surface area contributed by atoms with Gasteiger partial charge in [-0.2, -0.15) is 0 Å². The van der Waals surface area contributed by atoms with Crippen molar-refractivity contribution >= 4 is 16.9 Å². The molecular weight excluding hydrogens is 392 g/mol. The maximum atomic E-state index is 4.53. The molecule has 0 saturated heterocycles. The van der Waals surface area contributed by atoms with Gasteiger partial charge in [-0.05, 0) is 62.6 Å². The summed E-state index contributed by atoms with van der Waals surface area (Å²) in [7, 11) is 0. The van der Waals surface area contributed by atoms with Gasteiger partial charge >= 0.3 is 0 Å². The molecule has 0 spiro atoms. The third-order valence-corrected chi connectivity index (χ3v) is 6.96. The summed E-state index contributed by atoms with van der Waals surface area (Å²) < 4.78 is 2.24. The van der Waals surface area contributed by atoms with E-state index in [1.807, 2.05) is 6.92 Å². The Bertz CT molecular complexity index is 1310. The Labute approximate surface area is 188 Å². The lowest BCUT2D eigenvalue weighted by Gasteiger charge is -2.39. The van der Waals surface area contributed by atoms with Gasteiger partial charge in [0.1, 0.15) is 5.82 Å². The summed E-state index contributed by atoms with van der Waals surface area (Å²) in [6, 6.07) is 17.8. The van der Waals surface area contributed by atoms with Crippen molar-refractivity contribution in [3.8, 4) is 11.4 Å². The Morgan fingerprint density at radius 2 is 1.78 bits per heavy atom. The highest BCUT2D eigenvalue weighted by Crippen LogP contribution is 2.53. The number of para-hydroxylation sites is 1. The molecule has 0 fully saturated rings. The molecule has 6 rings (SSSR count). The number of fused-ring (bicyclic) bond motifs is 3. The van der Waals surface area contributed by atoms with Crippen LogP contribution in [0.5, 0.6) is 0 Å². The maximum absolute atomic E-state index is 4.53. The molecule has 158 valence electrons. The largest absolute Gasteiger partial charge is 0.331 e. The van der Waals surface area contributed by atoms with E-state index in [0.717, 1.165) is 30.1 Å². The number of benzene rings is 2. The smallest absolute Gasteiger partial charge is 0.164 e. The Balaban J connectivity index is 1.40. The van der Waals surface area contributed by atoms with Gasteiger partial charge in [0.15, 0.2) is 5.82 Å². The second-order valence-corrected chi connectivity index (χ2v) is 8.94. The first-order valence-electron chi connectivity index (χ1n) is 11.3. The minimum atomic E-state index is -0.0736. The molecule has 4 nitrogen and oxygen atoms in total. The Hall–Kier alpha value is -3.66. The number of rotatable bonds is 3. The van der Waals surface area contributed by atoms with E-state index >= 15 is 0 Å². The first-order valence-corrected chi connectivity index (χ1v) is 11.3. The van der Waals surface area contributed by atoms with Crippen molar-refractivity contribution in [3.63, 3.8) is 0 Å². The fourth-order valence-electron chi connectivity index (χ4n) is 5.41. The molecule has 2 unspecified atom stereocenters. The predicted molar refractivity (Wildman–Crippen MR) is 131 cm³/mol. The minimum absolute atomic E-state index is 0.0736. The van der Waals surface area contributed by atoms with E-state index in [4.69, 9.17) is 0 Å². The van der Waals surface area contributed by atoms with Crippen molar-refractivity contribution in [2.45, 2.75) is 38.3 Å². The van der Waals surface area contributed by atoms with Crippen LogP contribution in [0.25, 0.3) is 17.0 Å². The van der Waals surface area contributed by atoms with Crippen LogP contribution in [0.1, 0.15) is 37.2 Å². The van der Waals surface area contributed by atoms with E-state index in [9.17, 15) is 0 Å². The zero-order chi connectivity index (χ0) is 21.7. The minimum Gasteiger partial charge on any atom is -0.331 e. The summed E-state index contributed by atoms with van der Waals surface area (Å²) >= 11 is 0. The van der Waals surface area contributed by atoms with Crippen LogP contribution in [0.4, 0.5) is 11.4 Å². The molecule has 0 amide bonds. The lowest BCUT2D eigenvalue weighted by atomic mass is 9.83. The monoisotopic (exact) mass is 418 g/mol. The number of hydrogen-bond donors (Lipinski definition) is 0. The van der Waals surface area contributed by atoms with Crippen molar-refractivity contribution in [2.24, 2.45) is 0 Å². The van der Waals surface area contributed by atoms with E-state index in [0.29, 0.717) is 0 Å². The fraction of sp³-hybridized carbons (Fsp3) is 0.214. The van der Waals surface area contributed by atoms with Gasteiger partial charge in [-0.3, -0.25) is 0 Å². The van der Waals surface area contributed by atoms with Crippen LogP contribution in [-0.4, -0.2) is 20.3 Å². The Kier molecular flexibility index (Phi) is 4.29. The van der Waals surface area contributed by atoms with E-state index < -0.39 is 0 Å². The van der Waals surface area contributed by atoms with Crippen LogP contribution < -0.4 is 4.90 Å². The zero-order valence-electron chi connectivity index (χ0n) is 18.4. The highest BCUT2D eigenvalue weighted by molar-refractivity contribution is 5.96. The maximum Gasteiger partial charge on any atom is 0.164 e. The fourth-order valence-corrected chi connectivity index (χ4v) is 5.41. The predicted octanol–water partition coefficient (Wildman–Crippen LogP) is 6.56. The molecule has 2 heterocycles. The van der Waals surface area contributed by atoms with Crippen LogP contribution in [0.15, 0.2) is 91.1 Å². The lowest BCUT2D eigenvalue weighted by Crippen LogP contribution is -2.40. The van der Waals surface area contributed by atoms with Crippen molar-refractivity contribution in [3.05, 3.63) is 102 Å². The first-order chi connectivity index (χ1) is 15.7. The second-order valence-electron chi connectivity index (χ2n) is 8.94. The second kappa shape index (κ2) is 7.20. The molecule has 3 aliphatic rings. The van der Waals surface area contributed by atoms with Gasteiger partial charge < -0.3 is 9.47 Å². The molecule has 1 aliphatic heterocycles. The Morgan fingerprint density at radius 3 is 2.59 bits per heavy atom. The third-order valence-electron chi connectivity index (χ3n) is 6.96. The number of aromatic nitrogens is 3. The lowest BCUT2D eigenvalue weighted by molar-refractivity contribution is 0.595. The topological polar surface area (TPSA) is 34.0 Å². The van der Waals surface area contributed by atoms with E-state index in [1.54, 1.807) is 0 Å². The van der Waals surface area contributed by atoms with Gasteiger partial charge in [-0.15, -0.1) is 10.2 Å². The van der Waals surface area contributed by atoms with Crippen molar-refractivity contribution < 1.29 is 0 Å². The summed E-state index contributed by atoms with van der Waals surface area (Å²) in [4.78, 5) is 2.49. The van der Waals surface area contributed by atoms with Gasteiger partial charge in [-0.1, -0.05) is 60.7 Å².